The summed E-state index contributed by atoms with van der Waals surface area (Å²) in [6.45, 7) is 2.62. The van der Waals surface area contributed by atoms with E-state index < -0.39 is 5.91 Å². The van der Waals surface area contributed by atoms with E-state index in [1.165, 1.54) is 17.7 Å². The second-order valence-corrected chi connectivity index (χ2v) is 7.33. The van der Waals surface area contributed by atoms with E-state index in [-0.39, 0.29) is 29.9 Å². The molecule has 2 aromatic carbocycles. The van der Waals surface area contributed by atoms with Crippen LogP contribution in [0.15, 0.2) is 48.5 Å². The molecular weight excluding hydrogens is 378 g/mol. The molecule has 0 bridgehead atoms. The SMILES string of the molecule is NC(=O)c1cc(Cl)ccc1OCC(=O)NC1CCN(Cc2ccccc2)CC1. The lowest BCUT2D eigenvalue weighted by Crippen LogP contribution is -2.45. The molecule has 7 heteroatoms. The van der Waals surface area contributed by atoms with Crippen molar-refractivity contribution in [3.05, 3.63) is 64.7 Å². The molecule has 0 spiro atoms. The largest absolute Gasteiger partial charge is 0.483 e. The molecule has 6 nitrogen and oxygen atoms in total. The summed E-state index contributed by atoms with van der Waals surface area (Å²) >= 11 is 5.87. The zero-order chi connectivity index (χ0) is 19.9. The van der Waals surface area contributed by atoms with E-state index in [2.05, 4.69) is 22.3 Å². The first-order chi connectivity index (χ1) is 13.5. The van der Waals surface area contributed by atoms with Crippen LogP contribution < -0.4 is 15.8 Å². The second-order valence-electron chi connectivity index (χ2n) is 6.90. The molecule has 0 atom stereocenters. The smallest absolute Gasteiger partial charge is 0.258 e. The van der Waals surface area contributed by atoms with Crippen molar-refractivity contribution in [2.24, 2.45) is 5.73 Å². The van der Waals surface area contributed by atoms with E-state index in [0.717, 1.165) is 32.5 Å². The van der Waals surface area contributed by atoms with Gasteiger partial charge in [0, 0.05) is 30.7 Å². The number of nitrogens with two attached hydrogens (primary N) is 1. The maximum Gasteiger partial charge on any atom is 0.258 e. The van der Waals surface area contributed by atoms with Gasteiger partial charge >= 0.3 is 0 Å². The molecule has 0 radical (unpaired) electrons. The van der Waals surface area contributed by atoms with E-state index in [1.54, 1.807) is 6.07 Å². The molecule has 3 N–H and O–H groups in total. The van der Waals surface area contributed by atoms with Gasteiger partial charge in [0.15, 0.2) is 6.61 Å². The van der Waals surface area contributed by atoms with E-state index in [0.29, 0.717) is 5.02 Å². The Bertz CT molecular complexity index is 821. The summed E-state index contributed by atoms with van der Waals surface area (Å²) in [5.74, 6) is -0.611. The van der Waals surface area contributed by atoms with Crippen molar-refractivity contribution in [1.82, 2.24) is 10.2 Å². The van der Waals surface area contributed by atoms with Gasteiger partial charge < -0.3 is 15.8 Å². The summed E-state index contributed by atoms with van der Waals surface area (Å²) in [4.78, 5) is 26.1. The van der Waals surface area contributed by atoms with Crippen LogP contribution >= 0.6 is 11.6 Å². The van der Waals surface area contributed by atoms with Gasteiger partial charge in [0.2, 0.25) is 0 Å². The first kappa shape index (κ1) is 20.2. The molecule has 3 rings (SSSR count). The molecule has 1 heterocycles. The van der Waals surface area contributed by atoms with Gasteiger partial charge in [-0.1, -0.05) is 41.9 Å². The number of nitrogens with one attached hydrogen (secondary N) is 1. The van der Waals surface area contributed by atoms with Gasteiger partial charge in [-0.25, -0.2) is 0 Å². The van der Waals surface area contributed by atoms with Crippen LogP contribution in [-0.4, -0.2) is 42.5 Å². The highest BCUT2D eigenvalue weighted by atomic mass is 35.5. The zero-order valence-corrected chi connectivity index (χ0v) is 16.3. The van der Waals surface area contributed by atoms with E-state index in [9.17, 15) is 9.59 Å². The van der Waals surface area contributed by atoms with E-state index in [1.807, 2.05) is 18.2 Å². The number of nitrogens with zero attached hydrogens (tertiary/aromatic N) is 1. The minimum Gasteiger partial charge on any atom is -0.483 e. The number of primary amides is 1. The van der Waals surface area contributed by atoms with Crippen LogP contribution in [0.3, 0.4) is 0 Å². The van der Waals surface area contributed by atoms with Gasteiger partial charge in [-0.15, -0.1) is 0 Å². The molecule has 148 valence electrons. The van der Waals surface area contributed by atoms with Crippen molar-refractivity contribution in [2.45, 2.75) is 25.4 Å². The van der Waals surface area contributed by atoms with E-state index in [4.69, 9.17) is 22.1 Å². The van der Waals surface area contributed by atoms with Gasteiger partial charge in [0.25, 0.3) is 11.8 Å². The van der Waals surface area contributed by atoms with Gasteiger partial charge in [-0.05, 0) is 36.6 Å². The summed E-state index contributed by atoms with van der Waals surface area (Å²) in [7, 11) is 0. The second kappa shape index (κ2) is 9.57. The summed E-state index contributed by atoms with van der Waals surface area (Å²) < 4.78 is 5.47. The fourth-order valence-electron chi connectivity index (χ4n) is 3.31. The maximum absolute atomic E-state index is 12.2. The number of piperidine rings is 1. The van der Waals surface area contributed by atoms with E-state index >= 15 is 0 Å². The fraction of sp³-hybridized carbons (Fsp3) is 0.333. The lowest BCUT2D eigenvalue weighted by atomic mass is 10.0. The van der Waals surface area contributed by atoms with Gasteiger partial charge in [-0.2, -0.15) is 0 Å². The number of hydrogen-bond acceptors (Lipinski definition) is 4. The molecule has 1 aliphatic heterocycles. The standard InChI is InChI=1S/C21H24ClN3O3/c22-16-6-7-19(18(12-16)21(23)27)28-14-20(26)24-17-8-10-25(11-9-17)13-15-4-2-1-3-5-15/h1-7,12,17H,8-11,13-14H2,(H2,23,27)(H,24,26). The van der Waals surface area contributed by atoms with Crippen molar-refractivity contribution < 1.29 is 14.3 Å². The number of carbonyl (C=O) groups is 2. The maximum atomic E-state index is 12.2. The molecule has 0 aromatic heterocycles. The van der Waals surface area contributed by atoms with Crippen LogP contribution in [0.5, 0.6) is 5.75 Å². The normalized spacial score (nSPS) is 15.2. The van der Waals surface area contributed by atoms with Crippen LogP contribution in [0, 0.1) is 0 Å². The summed E-state index contributed by atoms with van der Waals surface area (Å²) in [5.41, 5.74) is 6.78. The number of carbonyl (C=O) groups excluding carboxylic acids is 2. The van der Waals surface area contributed by atoms with Crippen molar-refractivity contribution in [3.8, 4) is 5.75 Å². The fourth-order valence-corrected chi connectivity index (χ4v) is 3.48. The predicted molar refractivity (Wildman–Crippen MR) is 108 cm³/mol. The van der Waals surface area contributed by atoms with Crippen molar-refractivity contribution in [2.75, 3.05) is 19.7 Å². The Balaban J connectivity index is 1.43. The topological polar surface area (TPSA) is 84.7 Å². The number of likely N-dealkylation sites (tertiary alicyclic amines) is 1. The van der Waals surface area contributed by atoms with Crippen LogP contribution in [0.4, 0.5) is 0 Å². The third-order valence-electron chi connectivity index (χ3n) is 4.77. The number of hydrogen-bond donors (Lipinski definition) is 2. The molecule has 1 saturated heterocycles. The molecule has 2 amide bonds. The summed E-state index contributed by atoms with van der Waals surface area (Å²) in [6, 6.07) is 15.1. The zero-order valence-electron chi connectivity index (χ0n) is 15.6. The van der Waals surface area contributed by atoms with Crippen LogP contribution in [0.2, 0.25) is 5.02 Å². The Morgan fingerprint density at radius 3 is 2.54 bits per heavy atom. The quantitative estimate of drug-likeness (QED) is 0.746. The molecule has 0 unspecified atom stereocenters. The molecule has 1 aliphatic rings. The van der Waals surface area contributed by atoms with Gasteiger partial charge in [0.05, 0.1) is 5.56 Å². The predicted octanol–water partition coefficient (Wildman–Crippen LogP) is 2.60. The van der Waals surface area contributed by atoms with Crippen molar-refractivity contribution in [3.63, 3.8) is 0 Å². The lowest BCUT2D eigenvalue weighted by Gasteiger charge is -2.32. The molecule has 2 aromatic rings. The minimum absolute atomic E-state index is 0.129. The molecule has 0 saturated carbocycles. The van der Waals surface area contributed by atoms with Crippen LogP contribution in [0.1, 0.15) is 28.8 Å². The average Bonchev–Trinajstić information content (AvgIpc) is 2.69. The summed E-state index contributed by atoms with van der Waals surface area (Å²) in [6.07, 6.45) is 1.79. The number of ether oxygens (including phenoxy) is 1. The Morgan fingerprint density at radius 2 is 1.86 bits per heavy atom. The van der Waals surface area contributed by atoms with Gasteiger partial charge in [0.1, 0.15) is 5.75 Å². The number of rotatable bonds is 7. The Morgan fingerprint density at radius 1 is 1.14 bits per heavy atom. The highest BCUT2D eigenvalue weighted by Crippen LogP contribution is 2.22. The first-order valence-electron chi connectivity index (χ1n) is 9.29. The Labute approximate surface area is 169 Å². The van der Waals surface area contributed by atoms with Crippen LogP contribution in [-0.2, 0) is 11.3 Å². The lowest BCUT2D eigenvalue weighted by molar-refractivity contribution is -0.124. The monoisotopic (exact) mass is 401 g/mol. The third kappa shape index (κ3) is 5.71. The number of amides is 2. The number of halogens is 1. The van der Waals surface area contributed by atoms with Gasteiger partial charge in [-0.3, -0.25) is 14.5 Å². The minimum atomic E-state index is -0.649. The van der Waals surface area contributed by atoms with Crippen molar-refractivity contribution in [1.29, 1.82) is 0 Å². The Hall–Kier alpha value is -2.57. The highest BCUT2D eigenvalue weighted by Gasteiger charge is 2.21. The number of benzene rings is 2. The highest BCUT2D eigenvalue weighted by molar-refractivity contribution is 6.31. The molecule has 0 aliphatic carbocycles. The third-order valence-corrected chi connectivity index (χ3v) is 5.00. The van der Waals surface area contributed by atoms with Crippen LogP contribution in [0.25, 0.3) is 0 Å². The van der Waals surface area contributed by atoms with Crippen molar-refractivity contribution >= 4 is 23.4 Å². The summed E-state index contributed by atoms with van der Waals surface area (Å²) in [5, 5.41) is 3.38. The molecular formula is C21H24ClN3O3. The first-order valence-corrected chi connectivity index (χ1v) is 9.67. The Kier molecular flexibility index (Phi) is 6.90. The molecule has 28 heavy (non-hydrogen) atoms. The average molecular weight is 402 g/mol. The molecule has 1 fully saturated rings.